The molecule has 1 unspecified atom stereocenters. The maximum atomic E-state index is 5.47. The number of methoxy groups -OCH3 is 1. The average Bonchev–Trinajstić information content (AvgIpc) is 3.11. The van der Waals surface area contributed by atoms with Gasteiger partial charge in [0.05, 0.1) is 13.2 Å². The molecule has 0 radical (unpaired) electrons. The van der Waals surface area contributed by atoms with Gasteiger partial charge in [-0.15, -0.1) is 11.3 Å². The molecule has 0 bridgehead atoms. The number of hydrogen-bond acceptors (Lipinski definition) is 5. The van der Waals surface area contributed by atoms with E-state index in [1.165, 1.54) is 43.9 Å². The summed E-state index contributed by atoms with van der Waals surface area (Å²) < 4.78 is 5.47. The number of hydrogen-bond donors (Lipinski definition) is 0. The molecule has 2 saturated heterocycles. The van der Waals surface area contributed by atoms with E-state index in [-0.39, 0.29) is 0 Å². The van der Waals surface area contributed by atoms with Crippen LogP contribution in [0.15, 0.2) is 11.6 Å². The maximum Gasteiger partial charge on any atom is 0.107 e. The van der Waals surface area contributed by atoms with Gasteiger partial charge in [-0.1, -0.05) is 0 Å². The minimum Gasteiger partial charge on any atom is -0.383 e. The quantitative estimate of drug-likeness (QED) is 0.833. The molecule has 1 atom stereocenters. The van der Waals surface area contributed by atoms with E-state index in [9.17, 15) is 0 Å². The highest BCUT2D eigenvalue weighted by Gasteiger charge is 2.45. The largest absolute Gasteiger partial charge is 0.383 e. The zero-order chi connectivity index (χ0) is 15.6. The number of ether oxygens (including phenoxy) is 1. The Balaban J connectivity index is 1.57. The van der Waals surface area contributed by atoms with Gasteiger partial charge in [-0.05, 0) is 51.6 Å². The van der Waals surface area contributed by atoms with Crippen LogP contribution in [-0.2, 0) is 11.3 Å². The van der Waals surface area contributed by atoms with Gasteiger partial charge in [-0.2, -0.15) is 0 Å². The summed E-state index contributed by atoms with van der Waals surface area (Å²) in [6.45, 7) is 10.2. The molecule has 2 fully saturated rings. The third-order valence-corrected chi connectivity index (χ3v) is 6.20. The van der Waals surface area contributed by atoms with E-state index in [0.717, 1.165) is 13.2 Å². The summed E-state index contributed by atoms with van der Waals surface area (Å²) in [6, 6.07) is 1.23. The van der Waals surface area contributed by atoms with Crippen LogP contribution in [-0.4, -0.2) is 60.2 Å². The predicted octanol–water partition coefficient (Wildman–Crippen LogP) is 2.85. The van der Waals surface area contributed by atoms with Crippen molar-refractivity contribution in [3.05, 3.63) is 16.6 Å². The van der Waals surface area contributed by atoms with Crippen molar-refractivity contribution in [2.45, 2.75) is 51.7 Å². The van der Waals surface area contributed by atoms with Gasteiger partial charge in [-0.3, -0.25) is 9.80 Å². The molecule has 2 aliphatic heterocycles. The number of aromatic nitrogens is 1. The second kappa shape index (κ2) is 6.95. The molecule has 124 valence electrons. The average molecular weight is 324 g/mol. The number of piperidine rings is 1. The molecule has 0 amide bonds. The first-order valence-corrected chi connectivity index (χ1v) is 9.35. The van der Waals surface area contributed by atoms with Crippen molar-refractivity contribution in [1.82, 2.24) is 14.8 Å². The second-order valence-corrected chi connectivity index (χ2v) is 8.26. The lowest BCUT2D eigenvalue weighted by molar-refractivity contribution is 0.0915. The summed E-state index contributed by atoms with van der Waals surface area (Å²) in [5.74, 6) is 0. The van der Waals surface area contributed by atoms with E-state index in [2.05, 4.69) is 34.0 Å². The van der Waals surface area contributed by atoms with E-state index < -0.39 is 0 Å². The van der Waals surface area contributed by atoms with Gasteiger partial charge in [-0.25, -0.2) is 4.98 Å². The van der Waals surface area contributed by atoms with Gasteiger partial charge in [0.2, 0.25) is 0 Å². The van der Waals surface area contributed by atoms with Crippen LogP contribution >= 0.6 is 11.3 Å². The highest BCUT2D eigenvalue weighted by molar-refractivity contribution is 7.09. The van der Waals surface area contributed by atoms with E-state index in [1.807, 2.05) is 13.3 Å². The van der Waals surface area contributed by atoms with Crippen molar-refractivity contribution in [2.24, 2.45) is 5.41 Å². The van der Waals surface area contributed by atoms with Crippen LogP contribution < -0.4 is 0 Å². The Hall–Kier alpha value is -0.490. The maximum absolute atomic E-state index is 5.47. The molecule has 2 aliphatic rings. The van der Waals surface area contributed by atoms with Crippen LogP contribution in [0, 0.1) is 5.41 Å². The number of thiazole rings is 1. The van der Waals surface area contributed by atoms with Gasteiger partial charge in [0, 0.05) is 37.3 Å². The lowest BCUT2D eigenvalue weighted by Crippen LogP contribution is -2.42. The molecule has 0 saturated carbocycles. The van der Waals surface area contributed by atoms with E-state index >= 15 is 0 Å². The van der Waals surface area contributed by atoms with Crippen molar-refractivity contribution in [1.29, 1.82) is 0 Å². The number of nitrogens with zero attached hydrogens (tertiary/aromatic N) is 3. The van der Waals surface area contributed by atoms with Crippen molar-refractivity contribution in [3.63, 3.8) is 0 Å². The molecule has 0 N–H and O–H groups in total. The minimum absolute atomic E-state index is 0.521. The highest BCUT2D eigenvalue weighted by atomic mass is 32.1. The van der Waals surface area contributed by atoms with Crippen LogP contribution in [0.1, 0.15) is 38.1 Å². The molecular formula is C17H29N3OS. The third kappa shape index (κ3) is 3.53. The monoisotopic (exact) mass is 323 g/mol. The number of rotatable bonds is 5. The fourth-order valence-electron chi connectivity index (χ4n) is 4.22. The second-order valence-electron chi connectivity index (χ2n) is 7.28. The Morgan fingerprint density at radius 3 is 2.77 bits per heavy atom. The molecule has 3 rings (SSSR count). The number of likely N-dealkylation sites (tertiary alicyclic amines) is 2. The molecule has 5 heteroatoms. The smallest absolute Gasteiger partial charge is 0.107 e. The topological polar surface area (TPSA) is 28.6 Å². The Kier molecular flexibility index (Phi) is 5.17. The fraction of sp³-hybridized carbons (Fsp3) is 0.824. The summed E-state index contributed by atoms with van der Waals surface area (Å²) in [6.07, 6.45) is 5.87. The van der Waals surface area contributed by atoms with Crippen molar-refractivity contribution < 1.29 is 4.74 Å². The first-order valence-electron chi connectivity index (χ1n) is 8.47. The van der Waals surface area contributed by atoms with Crippen LogP contribution in [0.25, 0.3) is 0 Å². The first kappa shape index (κ1) is 16.4. The first-order chi connectivity index (χ1) is 10.6. The molecule has 1 aromatic heterocycles. The van der Waals surface area contributed by atoms with Gasteiger partial charge < -0.3 is 4.74 Å². The summed E-state index contributed by atoms with van der Waals surface area (Å²) in [5, 5.41) is 3.33. The molecule has 0 aromatic carbocycles. The van der Waals surface area contributed by atoms with Gasteiger partial charge in [0.25, 0.3) is 0 Å². The molecule has 4 nitrogen and oxygen atoms in total. The minimum atomic E-state index is 0.521. The molecule has 0 aliphatic carbocycles. The Morgan fingerprint density at radius 1 is 1.41 bits per heavy atom. The lowest BCUT2D eigenvalue weighted by Gasteiger charge is -2.39. The zero-order valence-electron chi connectivity index (χ0n) is 14.1. The summed E-state index contributed by atoms with van der Waals surface area (Å²) in [5.41, 5.74) is 0.521. The van der Waals surface area contributed by atoms with Crippen LogP contribution in [0.2, 0.25) is 0 Å². The summed E-state index contributed by atoms with van der Waals surface area (Å²) in [7, 11) is 1.83. The third-order valence-electron chi connectivity index (χ3n) is 5.44. The van der Waals surface area contributed by atoms with E-state index in [0.29, 0.717) is 17.5 Å². The highest BCUT2D eigenvalue weighted by Crippen LogP contribution is 2.44. The summed E-state index contributed by atoms with van der Waals surface area (Å²) in [4.78, 5) is 9.67. The SMILES string of the molecule is COCC1CC2(CCN(Cc3nccs3)CC2)CN1C(C)C. The zero-order valence-corrected chi connectivity index (χ0v) is 14.9. The molecule has 1 spiro atoms. The molecule has 3 heterocycles. The predicted molar refractivity (Wildman–Crippen MR) is 91.2 cm³/mol. The fourth-order valence-corrected chi connectivity index (χ4v) is 4.88. The van der Waals surface area contributed by atoms with Crippen molar-refractivity contribution in [3.8, 4) is 0 Å². The normalized spacial score (nSPS) is 26.3. The lowest BCUT2D eigenvalue weighted by atomic mass is 9.76. The van der Waals surface area contributed by atoms with Crippen LogP contribution in [0.3, 0.4) is 0 Å². The standard InChI is InChI=1S/C17H29N3OS/c1-14(2)20-13-17(10-15(20)12-21-3)4-7-19(8-5-17)11-16-18-6-9-22-16/h6,9,14-15H,4-5,7-8,10-13H2,1-3H3. The van der Waals surface area contributed by atoms with E-state index in [4.69, 9.17) is 4.74 Å². The Labute approximate surface area is 138 Å². The van der Waals surface area contributed by atoms with Crippen molar-refractivity contribution >= 4 is 11.3 Å². The van der Waals surface area contributed by atoms with E-state index in [1.54, 1.807) is 11.3 Å². The van der Waals surface area contributed by atoms with Crippen LogP contribution in [0.5, 0.6) is 0 Å². The molecule has 22 heavy (non-hydrogen) atoms. The van der Waals surface area contributed by atoms with Crippen LogP contribution in [0.4, 0.5) is 0 Å². The summed E-state index contributed by atoms with van der Waals surface area (Å²) >= 11 is 1.77. The van der Waals surface area contributed by atoms with Crippen molar-refractivity contribution in [2.75, 3.05) is 33.4 Å². The van der Waals surface area contributed by atoms with Gasteiger partial charge in [0.15, 0.2) is 0 Å². The van der Waals surface area contributed by atoms with Gasteiger partial charge >= 0.3 is 0 Å². The molecular weight excluding hydrogens is 294 g/mol. The molecule has 1 aromatic rings. The Bertz CT molecular complexity index is 454. The van der Waals surface area contributed by atoms with Gasteiger partial charge in [0.1, 0.15) is 5.01 Å². The Morgan fingerprint density at radius 2 is 2.18 bits per heavy atom.